The second kappa shape index (κ2) is 3.41. The number of hydrogen-bond acceptors (Lipinski definition) is 5. The molecule has 2 spiro atoms. The van der Waals surface area contributed by atoms with Gasteiger partial charge in [0.25, 0.3) is 0 Å². The molecule has 1 radical (unpaired) electrons. The highest BCUT2D eigenvalue weighted by atomic mass is 31.2. The van der Waals surface area contributed by atoms with E-state index in [0.717, 1.165) is 19.3 Å². The second-order valence-corrected chi connectivity index (χ2v) is 6.17. The van der Waals surface area contributed by atoms with Gasteiger partial charge < -0.3 is 22.9 Å². The molecule has 4 fully saturated rings. The maximum Gasteiger partial charge on any atom is 0.488 e. The molecule has 3 atom stereocenters. The molecule has 0 aromatic carbocycles. The van der Waals surface area contributed by atoms with E-state index >= 15 is 0 Å². The van der Waals surface area contributed by atoms with Crippen molar-refractivity contribution in [2.24, 2.45) is 5.41 Å². The monoisotopic (exact) mass is 243 g/mol. The Morgan fingerprint density at radius 2 is 2.00 bits per heavy atom. The molecule has 16 heavy (non-hydrogen) atoms. The zero-order chi connectivity index (χ0) is 10.6. The van der Waals surface area contributed by atoms with Crippen LogP contribution in [-0.4, -0.2) is 39.2 Å². The average Bonchev–Trinajstić information content (AvgIpc) is 2.88. The van der Waals surface area contributed by atoms with Crippen LogP contribution < -0.4 is 0 Å². The maximum absolute atomic E-state index is 5.89. The van der Waals surface area contributed by atoms with Crippen LogP contribution in [0.3, 0.4) is 0 Å². The number of hydrogen-bond donors (Lipinski definition) is 0. The van der Waals surface area contributed by atoms with E-state index in [1.165, 1.54) is 7.69 Å². The first-order chi connectivity index (χ1) is 7.83. The fourth-order valence-electron chi connectivity index (χ4n) is 3.30. The third-order valence-electron chi connectivity index (χ3n) is 4.05. The Balaban J connectivity index is 1.68. The van der Waals surface area contributed by atoms with Gasteiger partial charge in [-0.1, -0.05) is 0 Å². The van der Waals surface area contributed by atoms with Gasteiger partial charge in [0.05, 0.1) is 6.61 Å². The van der Waals surface area contributed by atoms with Gasteiger partial charge in [0.1, 0.15) is 11.7 Å². The lowest BCUT2D eigenvalue weighted by Gasteiger charge is -2.49. The van der Waals surface area contributed by atoms with Gasteiger partial charge in [-0.2, -0.15) is 0 Å². The van der Waals surface area contributed by atoms with Crippen LogP contribution in [0.25, 0.3) is 0 Å². The van der Waals surface area contributed by atoms with Crippen LogP contribution in [0.4, 0.5) is 0 Å². The molecule has 0 amide bonds. The standard InChI is InChI=1S/C9H13BO5P/c1-2-8(4-11-10-12-5-8)7-9(3-1)6-13-16(14-7)15-9/h7H,1-6H2. The van der Waals surface area contributed by atoms with E-state index in [-0.39, 0.29) is 17.1 Å². The van der Waals surface area contributed by atoms with Crippen LogP contribution in [0.1, 0.15) is 19.3 Å². The summed E-state index contributed by atoms with van der Waals surface area (Å²) in [6.45, 7) is 2.02. The lowest BCUT2D eigenvalue weighted by molar-refractivity contribution is -0.145. The Morgan fingerprint density at radius 1 is 1.12 bits per heavy atom. The first-order valence-electron chi connectivity index (χ1n) is 5.67. The van der Waals surface area contributed by atoms with Gasteiger partial charge in [0, 0.05) is 18.6 Å². The highest BCUT2D eigenvalue weighted by Gasteiger charge is 2.66. The van der Waals surface area contributed by atoms with Crippen LogP contribution >= 0.6 is 8.60 Å². The lowest BCUT2D eigenvalue weighted by Crippen LogP contribution is -2.60. The van der Waals surface area contributed by atoms with Crippen molar-refractivity contribution in [2.45, 2.75) is 31.0 Å². The summed E-state index contributed by atoms with van der Waals surface area (Å²) in [5.41, 5.74) is -0.248. The zero-order valence-electron chi connectivity index (χ0n) is 8.89. The Hall–Kier alpha value is 0.295. The molecule has 0 aromatic rings. The molecule has 5 nitrogen and oxygen atoms in total. The van der Waals surface area contributed by atoms with E-state index in [1.807, 2.05) is 0 Å². The lowest BCUT2D eigenvalue weighted by atomic mass is 9.65. The topological polar surface area (TPSA) is 46.2 Å². The van der Waals surface area contributed by atoms with E-state index in [4.69, 9.17) is 22.9 Å². The van der Waals surface area contributed by atoms with E-state index in [2.05, 4.69) is 0 Å². The predicted octanol–water partition coefficient (Wildman–Crippen LogP) is 1.15. The molecule has 4 rings (SSSR count). The van der Waals surface area contributed by atoms with Gasteiger partial charge >= 0.3 is 16.3 Å². The van der Waals surface area contributed by atoms with Gasteiger partial charge in [-0.15, -0.1) is 0 Å². The summed E-state index contributed by atoms with van der Waals surface area (Å²) >= 11 is 0. The summed E-state index contributed by atoms with van der Waals surface area (Å²) in [6.07, 6.45) is 3.32. The average molecular weight is 243 g/mol. The molecule has 0 N–H and O–H groups in total. The van der Waals surface area contributed by atoms with Crippen molar-refractivity contribution < 1.29 is 22.9 Å². The van der Waals surface area contributed by atoms with E-state index in [0.29, 0.717) is 19.8 Å². The quantitative estimate of drug-likeness (QED) is 0.471. The Morgan fingerprint density at radius 3 is 2.81 bits per heavy atom. The third kappa shape index (κ3) is 1.23. The van der Waals surface area contributed by atoms with E-state index in [1.54, 1.807) is 0 Å². The van der Waals surface area contributed by atoms with Crippen molar-refractivity contribution >= 4 is 16.3 Å². The molecule has 3 unspecified atom stereocenters. The largest absolute Gasteiger partial charge is 0.488 e. The van der Waals surface area contributed by atoms with Gasteiger partial charge in [-0.3, -0.25) is 0 Å². The summed E-state index contributed by atoms with van der Waals surface area (Å²) in [7, 11) is 0.332. The highest BCUT2D eigenvalue weighted by Crippen LogP contribution is 2.67. The van der Waals surface area contributed by atoms with Crippen molar-refractivity contribution in [1.82, 2.24) is 0 Å². The smallest absolute Gasteiger partial charge is 0.412 e. The minimum atomic E-state index is -1.10. The Kier molecular flexibility index (Phi) is 2.18. The molecule has 7 heteroatoms. The van der Waals surface area contributed by atoms with Gasteiger partial charge in [0.2, 0.25) is 0 Å². The predicted molar refractivity (Wildman–Crippen MR) is 55.5 cm³/mol. The van der Waals surface area contributed by atoms with E-state index in [9.17, 15) is 0 Å². The molecule has 3 heterocycles. The first kappa shape index (κ1) is 10.2. The van der Waals surface area contributed by atoms with Crippen LogP contribution in [0.5, 0.6) is 0 Å². The fourth-order valence-corrected chi connectivity index (χ4v) is 4.90. The number of fused-ring (bicyclic) bond motifs is 2. The molecule has 87 valence electrons. The molecule has 2 bridgehead atoms. The van der Waals surface area contributed by atoms with Crippen molar-refractivity contribution in [3.05, 3.63) is 0 Å². The van der Waals surface area contributed by atoms with Crippen molar-refractivity contribution in [1.29, 1.82) is 0 Å². The molecule has 1 saturated carbocycles. The van der Waals surface area contributed by atoms with Crippen molar-refractivity contribution in [3.8, 4) is 0 Å². The summed E-state index contributed by atoms with van der Waals surface area (Å²) in [5.74, 6) is 0. The van der Waals surface area contributed by atoms with Crippen LogP contribution in [0.2, 0.25) is 0 Å². The van der Waals surface area contributed by atoms with Crippen LogP contribution in [0.15, 0.2) is 0 Å². The summed E-state index contributed by atoms with van der Waals surface area (Å²) in [4.78, 5) is 0. The minimum absolute atomic E-state index is 0.0339. The molecular formula is C9H13BO5P. The molecule has 4 aliphatic rings. The molecule has 3 aliphatic heterocycles. The van der Waals surface area contributed by atoms with Crippen molar-refractivity contribution in [3.63, 3.8) is 0 Å². The molecule has 3 saturated heterocycles. The second-order valence-electron chi connectivity index (χ2n) is 5.07. The number of rotatable bonds is 0. The Bertz CT molecular complexity index is 305. The Labute approximate surface area is 96.0 Å². The maximum atomic E-state index is 5.89. The van der Waals surface area contributed by atoms with Crippen molar-refractivity contribution in [2.75, 3.05) is 19.8 Å². The van der Waals surface area contributed by atoms with Gasteiger partial charge in [-0.05, 0) is 19.3 Å². The normalized spacial score (nSPS) is 49.0. The van der Waals surface area contributed by atoms with E-state index < -0.39 is 8.60 Å². The molecule has 0 aromatic heterocycles. The van der Waals surface area contributed by atoms with Crippen LogP contribution in [0, 0.1) is 5.41 Å². The zero-order valence-corrected chi connectivity index (χ0v) is 9.78. The molecular weight excluding hydrogens is 230 g/mol. The third-order valence-corrected chi connectivity index (χ3v) is 5.28. The van der Waals surface area contributed by atoms with Gasteiger partial charge in [-0.25, -0.2) is 0 Å². The van der Waals surface area contributed by atoms with Gasteiger partial charge in [0.15, 0.2) is 0 Å². The summed E-state index contributed by atoms with van der Waals surface area (Å²) in [5, 5.41) is 0. The minimum Gasteiger partial charge on any atom is -0.412 e. The van der Waals surface area contributed by atoms with Crippen LogP contribution in [-0.2, 0) is 22.9 Å². The highest BCUT2D eigenvalue weighted by molar-refractivity contribution is 7.42. The fraction of sp³-hybridized carbons (Fsp3) is 1.00. The summed E-state index contributed by atoms with van der Waals surface area (Å²) < 4.78 is 28.0. The molecule has 1 aliphatic carbocycles. The SMILES string of the molecule is [B]1OCC2(CCCC34COP(OC23)O4)CO1. The summed E-state index contributed by atoms with van der Waals surface area (Å²) in [6, 6.07) is 0. The first-order valence-corrected chi connectivity index (χ1v) is 6.77.